The molecule has 0 saturated heterocycles. The Morgan fingerprint density at radius 3 is 2.50 bits per heavy atom. The Morgan fingerprint density at radius 1 is 1.08 bits per heavy atom. The molecular weight excluding hydrogens is 376 g/mol. The van der Waals surface area contributed by atoms with Gasteiger partial charge in [0.05, 0.1) is 4.90 Å². The maximum absolute atomic E-state index is 12.4. The molecule has 0 amide bonds. The van der Waals surface area contributed by atoms with E-state index in [0.717, 1.165) is 30.4 Å². The maximum atomic E-state index is 12.4. The van der Waals surface area contributed by atoms with Crippen molar-refractivity contribution < 1.29 is 18.3 Å². The first-order chi connectivity index (χ1) is 12.4. The third-order valence-electron chi connectivity index (χ3n) is 3.92. The van der Waals surface area contributed by atoms with E-state index in [0.29, 0.717) is 11.4 Å². The lowest BCUT2D eigenvalue weighted by Gasteiger charge is -2.11. The molecule has 2 aromatic rings. The molecule has 2 N–H and O–H groups in total. The Labute approximate surface area is 158 Å². The number of carboxylic acids is 1. The number of hydrogen-bond acceptors (Lipinski definition) is 4. The molecule has 0 aliphatic carbocycles. The van der Waals surface area contributed by atoms with Crippen LogP contribution in [0, 0.1) is 0 Å². The number of carboxylic acid groups (broad SMARTS) is 1. The van der Waals surface area contributed by atoms with Gasteiger partial charge in [-0.25, -0.2) is 13.1 Å². The van der Waals surface area contributed by atoms with E-state index in [2.05, 4.69) is 9.71 Å². The number of unbranched alkanes of at least 4 members (excludes halogenated alkanes) is 2. The van der Waals surface area contributed by atoms with Crippen LogP contribution in [0.15, 0.2) is 47.6 Å². The van der Waals surface area contributed by atoms with Gasteiger partial charge in [0.1, 0.15) is 0 Å². The van der Waals surface area contributed by atoms with Crippen molar-refractivity contribution in [2.75, 3.05) is 0 Å². The fraction of sp³-hybridized carbons (Fsp3) is 0.333. The van der Waals surface area contributed by atoms with Gasteiger partial charge in [0, 0.05) is 30.4 Å². The molecule has 0 saturated carbocycles. The number of aromatic nitrogens is 1. The summed E-state index contributed by atoms with van der Waals surface area (Å²) < 4.78 is 27.3. The SMILES string of the molecule is O=C(O)CCCCCc1cnccc1CNS(=O)(=O)c1ccc(Cl)cc1. The average Bonchev–Trinajstić information content (AvgIpc) is 2.61. The highest BCUT2D eigenvalue weighted by Crippen LogP contribution is 2.16. The number of rotatable bonds is 10. The molecule has 1 aromatic carbocycles. The van der Waals surface area contributed by atoms with Crippen molar-refractivity contribution >= 4 is 27.6 Å². The number of aliphatic carboxylic acids is 1. The number of hydrogen-bond donors (Lipinski definition) is 2. The minimum atomic E-state index is -3.62. The van der Waals surface area contributed by atoms with Crippen LogP contribution in [0.1, 0.15) is 36.8 Å². The van der Waals surface area contributed by atoms with Crippen LogP contribution in [0.4, 0.5) is 0 Å². The van der Waals surface area contributed by atoms with Crippen molar-refractivity contribution in [3.8, 4) is 0 Å². The molecule has 6 nitrogen and oxygen atoms in total. The number of benzene rings is 1. The van der Waals surface area contributed by atoms with Crippen molar-refractivity contribution in [1.82, 2.24) is 9.71 Å². The summed E-state index contributed by atoms with van der Waals surface area (Å²) in [5.74, 6) is -0.788. The van der Waals surface area contributed by atoms with Gasteiger partial charge in [-0.2, -0.15) is 0 Å². The van der Waals surface area contributed by atoms with Gasteiger partial charge in [-0.1, -0.05) is 18.0 Å². The topological polar surface area (TPSA) is 96.4 Å². The zero-order valence-corrected chi connectivity index (χ0v) is 15.8. The van der Waals surface area contributed by atoms with Crippen LogP contribution < -0.4 is 4.72 Å². The minimum Gasteiger partial charge on any atom is -0.481 e. The van der Waals surface area contributed by atoms with E-state index in [-0.39, 0.29) is 17.9 Å². The second-order valence-electron chi connectivity index (χ2n) is 5.88. The van der Waals surface area contributed by atoms with Gasteiger partial charge in [0.15, 0.2) is 0 Å². The lowest BCUT2D eigenvalue weighted by molar-refractivity contribution is -0.137. The molecular formula is C18H21ClN2O4S. The molecule has 0 aliphatic heterocycles. The van der Waals surface area contributed by atoms with Gasteiger partial charge in [-0.3, -0.25) is 9.78 Å². The monoisotopic (exact) mass is 396 g/mol. The average molecular weight is 397 g/mol. The number of halogens is 1. The van der Waals surface area contributed by atoms with Gasteiger partial charge in [-0.15, -0.1) is 0 Å². The van der Waals surface area contributed by atoms with Gasteiger partial charge in [0.2, 0.25) is 10.0 Å². The number of carbonyl (C=O) groups is 1. The first kappa shape index (κ1) is 20.4. The number of nitrogens with zero attached hydrogens (tertiary/aromatic N) is 1. The van der Waals surface area contributed by atoms with E-state index >= 15 is 0 Å². The summed E-state index contributed by atoms with van der Waals surface area (Å²) in [4.78, 5) is 14.8. The zero-order valence-electron chi connectivity index (χ0n) is 14.2. The Balaban J connectivity index is 1.95. The highest BCUT2D eigenvalue weighted by atomic mass is 35.5. The Morgan fingerprint density at radius 2 is 1.81 bits per heavy atom. The van der Waals surface area contributed by atoms with Crippen LogP contribution in [0.2, 0.25) is 5.02 Å². The second kappa shape index (κ2) is 9.66. The lowest BCUT2D eigenvalue weighted by atomic mass is 10.0. The molecule has 0 bridgehead atoms. The first-order valence-corrected chi connectivity index (χ1v) is 10.1. The summed E-state index contributed by atoms with van der Waals surface area (Å²) in [7, 11) is -3.62. The molecule has 0 aliphatic rings. The van der Waals surface area contributed by atoms with Gasteiger partial charge < -0.3 is 5.11 Å². The van der Waals surface area contributed by atoms with Crippen molar-refractivity contribution in [3.05, 3.63) is 58.9 Å². The quantitative estimate of drug-likeness (QED) is 0.600. The summed E-state index contributed by atoms with van der Waals surface area (Å²) in [5, 5.41) is 9.12. The fourth-order valence-electron chi connectivity index (χ4n) is 2.49. The van der Waals surface area contributed by atoms with Crippen LogP contribution in [0.5, 0.6) is 0 Å². The highest BCUT2D eigenvalue weighted by Gasteiger charge is 2.14. The molecule has 0 fully saturated rings. The molecule has 0 radical (unpaired) electrons. The normalized spacial score (nSPS) is 11.4. The predicted molar refractivity (Wildman–Crippen MR) is 99.5 cm³/mol. The number of sulfonamides is 1. The number of pyridine rings is 1. The molecule has 0 spiro atoms. The summed E-state index contributed by atoms with van der Waals surface area (Å²) in [6.07, 6.45) is 6.51. The standard InChI is InChI=1S/C18H21ClN2O4S/c19-16-6-8-17(9-7-16)26(24,25)21-13-15-10-11-20-12-14(15)4-2-1-3-5-18(22)23/h6-12,21H,1-5,13H2,(H,22,23). The van der Waals surface area contributed by atoms with Gasteiger partial charge in [0.25, 0.3) is 0 Å². The molecule has 0 atom stereocenters. The van der Waals surface area contributed by atoms with E-state index < -0.39 is 16.0 Å². The zero-order chi connectivity index (χ0) is 19.0. The third-order valence-corrected chi connectivity index (χ3v) is 5.59. The van der Waals surface area contributed by atoms with Crippen LogP contribution in [-0.4, -0.2) is 24.5 Å². The van der Waals surface area contributed by atoms with E-state index in [1.54, 1.807) is 18.5 Å². The van der Waals surface area contributed by atoms with E-state index in [4.69, 9.17) is 16.7 Å². The molecule has 0 unspecified atom stereocenters. The van der Waals surface area contributed by atoms with Crippen LogP contribution in [0.25, 0.3) is 0 Å². The smallest absolute Gasteiger partial charge is 0.303 e. The summed E-state index contributed by atoms with van der Waals surface area (Å²) in [5.41, 5.74) is 1.82. The van der Waals surface area contributed by atoms with Crippen LogP contribution in [0.3, 0.4) is 0 Å². The molecule has 2 rings (SSSR count). The van der Waals surface area contributed by atoms with E-state index in [1.165, 1.54) is 24.3 Å². The van der Waals surface area contributed by atoms with Gasteiger partial charge >= 0.3 is 5.97 Å². The minimum absolute atomic E-state index is 0.158. The molecule has 1 aromatic heterocycles. The van der Waals surface area contributed by atoms with Crippen LogP contribution >= 0.6 is 11.6 Å². The lowest BCUT2D eigenvalue weighted by Crippen LogP contribution is -2.23. The first-order valence-electron chi connectivity index (χ1n) is 8.27. The Bertz CT molecular complexity index is 839. The molecule has 1 heterocycles. The largest absolute Gasteiger partial charge is 0.481 e. The fourth-order valence-corrected chi connectivity index (χ4v) is 3.62. The van der Waals surface area contributed by atoms with Crippen LogP contribution in [-0.2, 0) is 27.8 Å². The van der Waals surface area contributed by atoms with Crippen molar-refractivity contribution in [1.29, 1.82) is 0 Å². The van der Waals surface area contributed by atoms with E-state index in [9.17, 15) is 13.2 Å². The molecule has 26 heavy (non-hydrogen) atoms. The number of aryl methyl sites for hydroxylation is 1. The van der Waals surface area contributed by atoms with Crippen molar-refractivity contribution in [2.24, 2.45) is 0 Å². The second-order valence-corrected chi connectivity index (χ2v) is 8.08. The van der Waals surface area contributed by atoms with Crippen molar-refractivity contribution in [2.45, 2.75) is 43.5 Å². The highest BCUT2D eigenvalue weighted by molar-refractivity contribution is 7.89. The van der Waals surface area contributed by atoms with Gasteiger partial charge in [-0.05, 0) is 60.7 Å². The maximum Gasteiger partial charge on any atom is 0.303 e. The third kappa shape index (κ3) is 6.40. The number of nitrogens with one attached hydrogen (secondary N) is 1. The molecule has 140 valence electrons. The predicted octanol–water partition coefficient (Wildman–Crippen LogP) is 3.40. The summed E-state index contributed by atoms with van der Waals surface area (Å²) in [6.45, 7) is 0.165. The summed E-state index contributed by atoms with van der Waals surface area (Å²) in [6, 6.07) is 7.77. The van der Waals surface area contributed by atoms with E-state index in [1.807, 2.05) is 0 Å². The Kier molecular flexibility index (Phi) is 7.56. The summed E-state index contributed by atoms with van der Waals surface area (Å²) >= 11 is 5.79. The van der Waals surface area contributed by atoms with Crippen molar-refractivity contribution in [3.63, 3.8) is 0 Å². The Hall–Kier alpha value is -1.96. The molecule has 8 heteroatoms.